The predicted molar refractivity (Wildman–Crippen MR) is 242 cm³/mol. The number of nitrogens with zero attached hydrogens (tertiary/aromatic N) is 5. The first kappa shape index (κ1) is 33.5. The zero-order valence-electron chi connectivity index (χ0n) is 32.6. The van der Waals surface area contributed by atoms with Gasteiger partial charge < -0.3 is 0 Å². The third-order valence-corrected chi connectivity index (χ3v) is 12.4. The van der Waals surface area contributed by atoms with Crippen LogP contribution in [0.5, 0.6) is 0 Å². The molecule has 0 N–H and O–H groups in total. The quantitative estimate of drug-likeness (QED) is 0.176. The van der Waals surface area contributed by atoms with Crippen molar-refractivity contribution in [3.05, 3.63) is 199 Å². The first-order chi connectivity index (χ1) is 29.0. The molecular weight excluding hydrogens is 719 g/mol. The van der Waals surface area contributed by atoms with Crippen LogP contribution in [0.3, 0.4) is 0 Å². The maximum atomic E-state index is 5.39. The van der Waals surface area contributed by atoms with E-state index in [-0.39, 0.29) is 5.41 Å². The minimum atomic E-state index is -0.0684. The molecule has 3 aromatic heterocycles. The van der Waals surface area contributed by atoms with Gasteiger partial charge in [-0.1, -0.05) is 178 Å². The Bertz CT molecular complexity index is 3410. The second kappa shape index (κ2) is 12.7. The Balaban J connectivity index is 1.09. The van der Waals surface area contributed by atoms with Crippen molar-refractivity contribution in [2.75, 3.05) is 0 Å². The highest BCUT2D eigenvalue weighted by Gasteiger charge is 2.36. The maximum Gasteiger partial charge on any atom is 0.240 e. The Morgan fingerprint density at radius 1 is 0.356 bits per heavy atom. The van der Waals surface area contributed by atoms with Crippen LogP contribution in [0.1, 0.15) is 25.0 Å². The van der Waals surface area contributed by atoms with Gasteiger partial charge in [0, 0.05) is 32.5 Å². The lowest BCUT2D eigenvalue weighted by Crippen LogP contribution is -2.14. The van der Waals surface area contributed by atoms with Gasteiger partial charge in [-0.05, 0) is 68.8 Å². The number of benzene rings is 8. The molecule has 278 valence electrons. The molecule has 11 aromatic rings. The molecule has 1 aliphatic rings. The molecule has 0 aliphatic heterocycles. The van der Waals surface area contributed by atoms with Gasteiger partial charge in [-0.25, -0.2) is 0 Å². The summed E-state index contributed by atoms with van der Waals surface area (Å²) < 4.78 is 4.39. The van der Waals surface area contributed by atoms with Crippen molar-refractivity contribution < 1.29 is 0 Å². The molecule has 0 fully saturated rings. The Morgan fingerprint density at radius 3 is 1.51 bits per heavy atom. The molecule has 0 saturated carbocycles. The number of para-hydroxylation sites is 3. The summed E-state index contributed by atoms with van der Waals surface area (Å²) >= 11 is 0. The molecule has 5 nitrogen and oxygen atoms in total. The smallest absolute Gasteiger partial charge is 0.240 e. The van der Waals surface area contributed by atoms with Crippen LogP contribution in [0.15, 0.2) is 188 Å². The lowest BCUT2D eigenvalue weighted by Gasteiger charge is -2.21. The van der Waals surface area contributed by atoms with E-state index in [1.165, 1.54) is 27.8 Å². The minimum absolute atomic E-state index is 0.0684. The van der Waals surface area contributed by atoms with Gasteiger partial charge in [0.15, 0.2) is 5.82 Å². The molecule has 59 heavy (non-hydrogen) atoms. The highest BCUT2D eigenvalue weighted by molar-refractivity contribution is 6.11. The number of rotatable bonds is 5. The summed E-state index contributed by atoms with van der Waals surface area (Å²) in [5.74, 6) is 1.73. The predicted octanol–water partition coefficient (Wildman–Crippen LogP) is 13.4. The van der Waals surface area contributed by atoms with Gasteiger partial charge in [-0.3, -0.25) is 9.13 Å². The van der Waals surface area contributed by atoms with Gasteiger partial charge in [-0.15, -0.1) is 0 Å². The molecule has 3 heterocycles. The lowest BCUT2D eigenvalue weighted by molar-refractivity contribution is 0.660. The van der Waals surface area contributed by atoms with Gasteiger partial charge in [-0.2, -0.15) is 15.0 Å². The van der Waals surface area contributed by atoms with E-state index in [9.17, 15) is 0 Å². The van der Waals surface area contributed by atoms with Crippen molar-refractivity contribution in [1.29, 1.82) is 0 Å². The second-order valence-corrected chi connectivity index (χ2v) is 16.1. The van der Waals surface area contributed by atoms with E-state index in [2.05, 4.69) is 211 Å². The summed E-state index contributed by atoms with van der Waals surface area (Å²) in [7, 11) is 0. The Labute approximate surface area is 341 Å². The molecule has 12 rings (SSSR count). The van der Waals surface area contributed by atoms with Crippen LogP contribution in [0.4, 0.5) is 0 Å². The summed E-state index contributed by atoms with van der Waals surface area (Å²) in [4.78, 5) is 16.1. The number of fused-ring (bicyclic) bond motifs is 9. The number of aromatic nitrogens is 5. The Morgan fingerprint density at radius 2 is 0.847 bits per heavy atom. The Hall–Kier alpha value is -7.63. The Kier molecular flexibility index (Phi) is 7.20. The van der Waals surface area contributed by atoms with Gasteiger partial charge in [0.1, 0.15) is 0 Å². The van der Waals surface area contributed by atoms with Crippen LogP contribution in [0, 0.1) is 0 Å². The number of hydrogen-bond donors (Lipinski definition) is 0. The number of hydrogen-bond acceptors (Lipinski definition) is 3. The highest BCUT2D eigenvalue weighted by Crippen LogP contribution is 2.52. The fraction of sp³-hybridized carbons (Fsp3) is 0.0556. The molecule has 0 saturated heterocycles. The molecular formula is C54H37N5. The highest BCUT2D eigenvalue weighted by atomic mass is 15.3. The van der Waals surface area contributed by atoms with E-state index in [4.69, 9.17) is 15.0 Å². The first-order valence-corrected chi connectivity index (χ1v) is 20.2. The van der Waals surface area contributed by atoms with E-state index in [1.807, 2.05) is 0 Å². The summed E-state index contributed by atoms with van der Waals surface area (Å²) in [5, 5.41) is 4.60. The summed E-state index contributed by atoms with van der Waals surface area (Å²) in [6.07, 6.45) is 0. The molecule has 5 heteroatoms. The summed E-state index contributed by atoms with van der Waals surface area (Å²) in [6.45, 7) is 4.66. The molecule has 0 atom stereocenters. The largest absolute Gasteiger partial charge is 0.278 e. The second-order valence-electron chi connectivity index (χ2n) is 16.1. The van der Waals surface area contributed by atoms with Crippen LogP contribution >= 0.6 is 0 Å². The van der Waals surface area contributed by atoms with E-state index in [0.29, 0.717) is 17.7 Å². The van der Waals surface area contributed by atoms with Crippen molar-refractivity contribution in [2.24, 2.45) is 0 Å². The van der Waals surface area contributed by atoms with Crippen molar-refractivity contribution >= 4 is 43.6 Å². The zero-order chi connectivity index (χ0) is 39.2. The van der Waals surface area contributed by atoms with Crippen molar-refractivity contribution in [3.8, 4) is 56.7 Å². The molecule has 0 bridgehead atoms. The molecule has 0 spiro atoms. The fourth-order valence-electron chi connectivity index (χ4n) is 9.61. The van der Waals surface area contributed by atoms with Crippen LogP contribution in [-0.4, -0.2) is 24.1 Å². The third kappa shape index (κ3) is 5.01. The zero-order valence-corrected chi connectivity index (χ0v) is 32.6. The topological polar surface area (TPSA) is 48.5 Å². The van der Waals surface area contributed by atoms with Crippen LogP contribution < -0.4 is 0 Å². The third-order valence-electron chi connectivity index (χ3n) is 12.4. The van der Waals surface area contributed by atoms with Gasteiger partial charge in [0.2, 0.25) is 11.9 Å². The molecule has 1 aliphatic carbocycles. The van der Waals surface area contributed by atoms with Crippen LogP contribution in [0.25, 0.3) is 100 Å². The van der Waals surface area contributed by atoms with E-state index >= 15 is 0 Å². The van der Waals surface area contributed by atoms with Gasteiger partial charge in [0.25, 0.3) is 0 Å². The average molecular weight is 756 g/mol. The molecule has 0 unspecified atom stereocenters. The summed E-state index contributed by atoms with van der Waals surface area (Å²) in [6, 6.07) is 67.1. The molecule has 0 amide bonds. The van der Waals surface area contributed by atoms with Gasteiger partial charge in [0.05, 0.1) is 22.1 Å². The normalized spacial score (nSPS) is 13.1. The van der Waals surface area contributed by atoms with Crippen molar-refractivity contribution in [2.45, 2.75) is 19.3 Å². The minimum Gasteiger partial charge on any atom is -0.278 e. The average Bonchev–Trinajstić information content (AvgIpc) is 3.89. The maximum absolute atomic E-state index is 5.39. The van der Waals surface area contributed by atoms with Crippen molar-refractivity contribution in [1.82, 2.24) is 24.1 Å². The van der Waals surface area contributed by atoms with Crippen molar-refractivity contribution in [3.63, 3.8) is 0 Å². The first-order valence-electron chi connectivity index (χ1n) is 20.2. The SMILES string of the molecule is CC1(C)c2ccccc2-c2c(-c3ccc(-c4nc(-n5c6ccccc6c6ccccc65)nc(-n5c6ccccc6c6ccc(-c7ccccc7)cc65)n4)cc3)cccc21. The molecule has 8 aromatic carbocycles. The van der Waals surface area contributed by atoms with E-state index < -0.39 is 0 Å². The lowest BCUT2D eigenvalue weighted by atomic mass is 9.82. The van der Waals surface area contributed by atoms with Crippen LogP contribution in [-0.2, 0) is 5.41 Å². The molecule has 0 radical (unpaired) electrons. The van der Waals surface area contributed by atoms with Gasteiger partial charge >= 0.3 is 0 Å². The van der Waals surface area contributed by atoms with Crippen LogP contribution in [0.2, 0.25) is 0 Å². The summed E-state index contributed by atoms with van der Waals surface area (Å²) in [5.41, 5.74) is 15.0. The standard InChI is InChI=1S/C54H37N5/c1-54(2)44-22-10-6-20-43(44)50-38(21-14-23-45(50)54)35-27-29-36(30-28-35)51-55-52(58-46-24-11-7-17-39(46)40-18-8-12-25-47(40)58)57-53(56-51)59-48-26-13-9-19-41(48)42-32-31-37(33-49(42)59)34-15-4-3-5-16-34/h3-33H,1-2H3. The monoisotopic (exact) mass is 755 g/mol. The van der Waals surface area contributed by atoms with E-state index in [0.717, 1.165) is 65.9 Å². The van der Waals surface area contributed by atoms with E-state index in [1.54, 1.807) is 0 Å². The fourth-order valence-corrected chi connectivity index (χ4v) is 9.61.